The van der Waals surface area contributed by atoms with Crippen molar-refractivity contribution in [2.45, 2.75) is 43.7 Å². The van der Waals surface area contributed by atoms with Gasteiger partial charge in [0.1, 0.15) is 35.4 Å². The predicted molar refractivity (Wildman–Crippen MR) is 216 cm³/mol. The Hall–Kier alpha value is -5.99. The van der Waals surface area contributed by atoms with Crippen LogP contribution in [0.4, 0.5) is 32.2 Å². The third-order valence-corrected chi connectivity index (χ3v) is 11.9. The summed E-state index contributed by atoms with van der Waals surface area (Å²) in [6.07, 6.45) is -2.82. The molecule has 0 unspecified atom stereocenters. The fourth-order valence-electron chi connectivity index (χ4n) is 8.24. The minimum absolute atomic E-state index is 0.00728. The smallest absolute Gasteiger partial charge is 0.293 e. The van der Waals surface area contributed by atoms with Gasteiger partial charge in [-0.05, 0) is 66.4 Å². The molecule has 4 aromatic heterocycles. The van der Waals surface area contributed by atoms with Crippen LogP contribution >= 0.6 is 23.2 Å². The monoisotopic (exact) mass is 915 g/mol. The van der Waals surface area contributed by atoms with Crippen molar-refractivity contribution in [3.05, 3.63) is 127 Å². The van der Waals surface area contributed by atoms with Crippen LogP contribution in [0, 0.1) is 17.6 Å². The van der Waals surface area contributed by atoms with E-state index in [0.29, 0.717) is 27.0 Å². The summed E-state index contributed by atoms with van der Waals surface area (Å²) in [5.74, 6) is -9.16. The van der Waals surface area contributed by atoms with Crippen LogP contribution in [0.2, 0.25) is 10.0 Å². The maximum absolute atomic E-state index is 15.5. The molecule has 1 fully saturated rings. The second kappa shape index (κ2) is 14.8. The molecule has 0 spiro atoms. The number of nitrogens with one attached hydrogen (secondary N) is 2. The Morgan fingerprint density at radius 2 is 1.69 bits per heavy atom. The van der Waals surface area contributed by atoms with Gasteiger partial charge in [0.15, 0.2) is 11.5 Å². The van der Waals surface area contributed by atoms with Crippen molar-refractivity contribution in [3.63, 3.8) is 0 Å². The van der Waals surface area contributed by atoms with Crippen molar-refractivity contribution in [1.82, 2.24) is 39.4 Å². The zero-order chi connectivity index (χ0) is 44.2. The number of halogens is 8. The van der Waals surface area contributed by atoms with Crippen molar-refractivity contribution in [2.24, 2.45) is 13.0 Å². The summed E-state index contributed by atoms with van der Waals surface area (Å²) in [5.41, 5.74) is -1.95. The molecule has 22 heteroatoms. The maximum atomic E-state index is 15.5. The van der Waals surface area contributed by atoms with E-state index in [-0.39, 0.29) is 61.8 Å². The Balaban J connectivity index is 1.26. The molecule has 1 amide bonds. The van der Waals surface area contributed by atoms with Gasteiger partial charge in [-0.25, -0.2) is 35.9 Å². The number of hydrogen-bond acceptors (Lipinski definition) is 8. The molecule has 4 heterocycles. The number of amides is 1. The molecule has 1 saturated carbocycles. The number of anilines is 1. The average Bonchev–Trinajstić information content (AvgIpc) is 3.73. The number of alkyl halides is 4. The van der Waals surface area contributed by atoms with Crippen LogP contribution < -0.4 is 15.6 Å². The highest BCUT2D eigenvalue weighted by Crippen LogP contribution is 2.68. The quantitative estimate of drug-likeness (QED) is 0.125. The summed E-state index contributed by atoms with van der Waals surface area (Å²) in [5, 5.41) is 11.1. The van der Waals surface area contributed by atoms with Crippen LogP contribution in [0.3, 0.4) is 0 Å². The maximum Gasteiger partial charge on any atom is 0.293 e. The van der Waals surface area contributed by atoms with Crippen molar-refractivity contribution in [3.8, 4) is 16.9 Å². The second-order valence-electron chi connectivity index (χ2n) is 15.1. The molecule has 0 aliphatic heterocycles. The summed E-state index contributed by atoms with van der Waals surface area (Å²) in [6, 6.07) is 13.3. The normalized spacial score (nSPS) is 17.1. The fraction of sp³-hybridized carbons (Fsp3) is 0.250. The minimum Gasteiger partial charge on any atom is -0.344 e. The highest BCUT2D eigenvalue weighted by Gasteiger charge is 2.67. The summed E-state index contributed by atoms with van der Waals surface area (Å²) in [7, 11) is -2.48. The minimum atomic E-state index is -3.92. The molecule has 3 aromatic carbocycles. The Bertz CT molecular complexity index is 3180. The van der Waals surface area contributed by atoms with Crippen LogP contribution in [0.25, 0.3) is 38.9 Å². The van der Waals surface area contributed by atoms with Gasteiger partial charge in [0, 0.05) is 41.6 Å². The Labute approximate surface area is 356 Å². The molecule has 13 nitrogen and oxygen atoms in total. The predicted octanol–water partition coefficient (Wildman–Crippen LogP) is 7.73. The number of sulfonamides is 1. The molecule has 320 valence electrons. The van der Waals surface area contributed by atoms with E-state index in [1.54, 1.807) is 30.3 Å². The van der Waals surface area contributed by atoms with Crippen LogP contribution in [0.1, 0.15) is 53.1 Å². The summed E-state index contributed by atoms with van der Waals surface area (Å²) >= 11 is 12.7. The van der Waals surface area contributed by atoms with Gasteiger partial charge in [0.25, 0.3) is 17.9 Å². The van der Waals surface area contributed by atoms with Gasteiger partial charge in [-0.15, -0.1) is 0 Å². The van der Waals surface area contributed by atoms with Gasteiger partial charge in [-0.3, -0.25) is 28.2 Å². The summed E-state index contributed by atoms with van der Waals surface area (Å²) in [6.45, 7) is -0.998. The topological polar surface area (TPSA) is 159 Å². The first-order valence-corrected chi connectivity index (χ1v) is 21.3. The molecule has 7 aromatic rings. The van der Waals surface area contributed by atoms with E-state index < -0.39 is 87.7 Å². The molecule has 2 aliphatic carbocycles. The standard InChI is InChI=1S/C40H29Cl2F6N9O4S/c1-55-33-28(10-8-25(42)31(33)37(53-55)54-62(2,60)61)57-38(51-36-22(39(57)59)7-9-26(50-36)18-3-5-19(41)6-4-18)27(13-17-11-20(43)14-21(44)12-17)49-29(58)16-56-34-30(32(52-56)35(45)46)23-15-24(23)40(34,47)48/h3-12,14,23-24,27,35H,13,15-16H2,1-2H3,(H,49,58)(H,53,54)/t23-,24+,27-/m0/s1. The van der Waals surface area contributed by atoms with E-state index >= 15 is 8.78 Å². The summed E-state index contributed by atoms with van der Waals surface area (Å²) < 4.78 is 119. The van der Waals surface area contributed by atoms with E-state index in [1.807, 2.05) is 0 Å². The highest BCUT2D eigenvalue weighted by atomic mass is 35.5. The number of carbonyl (C=O) groups is 1. The van der Waals surface area contributed by atoms with Gasteiger partial charge in [-0.1, -0.05) is 35.3 Å². The number of carbonyl (C=O) groups excluding carboxylic acids is 1. The first-order chi connectivity index (χ1) is 29.3. The lowest BCUT2D eigenvalue weighted by Gasteiger charge is -2.24. The van der Waals surface area contributed by atoms with E-state index in [0.717, 1.165) is 23.0 Å². The van der Waals surface area contributed by atoms with Crippen molar-refractivity contribution in [2.75, 3.05) is 11.0 Å². The molecule has 62 heavy (non-hydrogen) atoms. The second-order valence-corrected chi connectivity index (χ2v) is 17.7. The Kier molecular flexibility index (Phi) is 9.90. The van der Waals surface area contributed by atoms with Crippen LogP contribution in [-0.2, 0) is 40.8 Å². The zero-order valence-electron chi connectivity index (χ0n) is 32.0. The van der Waals surface area contributed by atoms with Crippen LogP contribution in [0.15, 0.2) is 71.5 Å². The molecule has 2 N–H and O–H groups in total. The van der Waals surface area contributed by atoms with Gasteiger partial charge in [0.2, 0.25) is 15.9 Å². The van der Waals surface area contributed by atoms with Crippen LogP contribution in [0.5, 0.6) is 0 Å². The van der Waals surface area contributed by atoms with E-state index in [4.69, 9.17) is 28.2 Å². The lowest BCUT2D eigenvalue weighted by molar-refractivity contribution is -0.123. The van der Waals surface area contributed by atoms with Crippen molar-refractivity contribution in [1.29, 1.82) is 0 Å². The first kappa shape index (κ1) is 41.4. The number of aromatic nitrogens is 7. The SMILES string of the molecule is Cn1nc(NS(C)(=O)=O)c2c(Cl)ccc(-n3c([C@H](Cc4cc(F)cc(F)c4)NC(=O)Cn4nc(C(F)F)c5c4C(F)(F)[C@@H]4C[C@H]54)nc4nc(-c5ccc(Cl)cc5)ccc4c3=O)c21. The third kappa shape index (κ3) is 7.22. The molecule has 9 rings (SSSR count). The highest BCUT2D eigenvalue weighted by molar-refractivity contribution is 7.92. The fourth-order valence-corrected chi connectivity index (χ4v) is 9.10. The third-order valence-electron chi connectivity index (χ3n) is 10.8. The molecule has 0 bridgehead atoms. The number of pyridine rings is 1. The summed E-state index contributed by atoms with van der Waals surface area (Å²) in [4.78, 5) is 38.5. The Morgan fingerprint density at radius 1 is 0.984 bits per heavy atom. The lowest BCUT2D eigenvalue weighted by atomic mass is 10.0. The van der Waals surface area contributed by atoms with Gasteiger partial charge < -0.3 is 5.32 Å². The number of benzene rings is 3. The molecule has 0 saturated heterocycles. The van der Waals surface area contributed by atoms with E-state index in [2.05, 4.69) is 25.2 Å². The number of fused-ring (bicyclic) bond motifs is 5. The van der Waals surface area contributed by atoms with Gasteiger partial charge in [0.05, 0.1) is 45.0 Å². The Morgan fingerprint density at radius 3 is 2.37 bits per heavy atom. The molecule has 3 atom stereocenters. The number of aryl methyl sites for hydroxylation is 1. The number of nitrogens with zero attached hydrogens (tertiary/aromatic N) is 7. The van der Waals surface area contributed by atoms with Crippen LogP contribution in [-0.4, -0.2) is 54.7 Å². The first-order valence-electron chi connectivity index (χ1n) is 18.6. The van der Waals surface area contributed by atoms with Gasteiger partial charge >= 0.3 is 0 Å². The molecule has 2 aliphatic rings. The van der Waals surface area contributed by atoms with E-state index in [1.165, 1.54) is 29.9 Å². The van der Waals surface area contributed by atoms with E-state index in [9.17, 15) is 35.6 Å². The number of rotatable bonds is 11. The van der Waals surface area contributed by atoms with Crippen molar-refractivity contribution >= 4 is 66.9 Å². The van der Waals surface area contributed by atoms with Crippen molar-refractivity contribution < 1.29 is 39.6 Å². The molecular formula is C40H29Cl2F6N9O4S. The average molecular weight is 917 g/mol. The molecule has 0 radical (unpaired) electrons. The number of hydrogen-bond donors (Lipinski definition) is 2. The lowest BCUT2D eigenvalue weighted by Crippen LogP contribution is -2.38. The molecular weight excluding hydrogens is 887 g/mol. The largest absolute Gasteiger partial charge is 0.344 e. The van der Waals surface area contributed by atoms with Gasteiger partial charge in [-0.2, -0.15) is 19.0 Å². The zero-order valence-corrected chi connectivity index (χ0v) is 34.3.